The number of ether oxygens (including phenoxy) is 2. The van der Waals surface area contributed by atoms with Crippen molar-refractivity contribution in [2.45, 2.75) is 35.5 Å². The van der Waals surface area contributed by atoms with Gasteiger partial charge in [0.1, 0.15) is 18.0 Å². The van der Waals surface area contributed by atoms with Gasteiger partial charge in [-0.25, -0.2) is 16.8 Å². The van der Waals surface area contributed by atoms with Gasteiger partial charge in [-0.15, -0.1) is 0 Å². The van der Waals surface area contributed by atoms with Crippen LogP contribution in [-0.4, -0.2) is 65.8 Å². The van der Waals surface area contributed by atoms with E-state index >= 15 is 0 Å². The number of nitrogens with one attached hydrogen (secondary N) is 1. The first-order valence-electron chi connectivity index (χ1n) is 13.4. The molecule has 4 rings (SSSR count). The number of anilines is 2. The summed E-state index contributed by atoms with van der Waals surface area (Å²) in [6, 6.07) is 14.6. The highest BCUT2D eigenvalue weighted by Gasteiger charge is 2.35. The molecule has 0 unspecified atom stereocenters. The van der Waals surface area contributed by atoms with E-state index in [4.69, 9.17) is 9.47 Å². The minimum Gasteiger partial charge on any atom is -0.497 e. The Morgan fingerprint density at radius 2 is 1.58 bits per heavy atom. The molecule has 13 nitrogen and oxygen atoms in total. The zero-order valence-corrected chi connectivity index (χ0v) is 25.3. The van der Waals surface area contributed by atoms with Crippen LogP contribution in [0.1, 0.15) is 25.7 Å². The van der Waals surface area contributed by atoms with Crippen molar-refractivity contribution in [2.24, 2.45) is 0 Å². The Morgan fingerprint density at radius 1 is 0.930 bits per heavy atom. The van der Waals surface area contributed by atoms with Gasteiger partial charge in [0, 0.05) is 30.9 Å². The third-order valence-corrected chi connectivity index (χ3v) is 10.6. The lowest BCUT2D eigenvalue weighted by Gasteiger charge is -2.26. The van der Waals surface area contributed by atoms with Gasteiger partial charge >= 0.3 is 0 Å². The molecule has 1 heterocycles. The third kappa shape index (κ3) is 7.06. The first-order chi connectivity index (χ1) is 20.5. The highest BCUT2D eigenvalue weighted by molar-refractivity contribution is 7.93. The van der Waals surface area contributed by atoms with Gasteiger partial charge in [0.25, 0.3) is 15.7 Å². The summed E-state index contributed by atoms with van der Waals surface area (Å²) in [6.45, 7) is 0.101. The molecule has 1 saturated heterocycles. The SMILES string of the molecule is COc1ccc(N(CC(=O)Nc2ccc(S(=O)(=O)N3CCCCCC3)cc2)S(=O)(=O)c2ccccc2[N+](=O)[O-])c(OC)c1. The molecule has 0 atom stereocenters. The fourth-order valence-corrected chi connectivity index (χ4v) is 7.82. The summed E-state index contributed by atoms with van der Waals surface area (Å²) < 4.78 is 66.7. The quantitative estimate of drug-likeness (QED) is 0.243. The molecule has 0 spiro atoms. The van der Waals surface area contributed by atoms with Gasteiger partial charge in [-0.3, -0.25) is 19.2 Å². The first kappa shape index (κ1) is 31.7. The van der Waals surface area contributed by atoms with E-state index in [9.17, 15) is 31.7 Å². The van der Waals surface area contributed by atoms with Crippen molar-refractivity contribution in [3.63, 3.8) is 0 Å². The maximum Gasteiger partial charge on any atom is 0.289 e. The Balaban J connectivity index is 1.64. The van der Waals surface area contributed by atoms with Crippen molar-refractivity contribution in [1.82, 2.24) is 4.31 Å². The van der Waals surface area contributed by atoms with Crippen molar-refractivity contribution in [2.75, 3.05) is 43.5 Å². The molecule has 0 radical (unpaired) electrons. The summed E-state index contributed by atoms with van der Waals surface area (Å²) in [6.07, 6.45) is 3.53. The lowest BCUT2D eigenvalue weighted by molar-refractivity contribution is -0.387. The largest absolute Gasteiger partial charge is 0.497 e. The van der Waals surface area contributed by atoms with Crippen LogP contribution in [0.25, 0.3) is 0 Å². The average Bonchev–Trinajstić information content (AvgIpc) is 3.30. The van der Waals surface area contributed by atoms with Crippen LogP contribution in [-0.2, 0) is 24.8 Å². The van der Waals surface area contributed by atoms with E-state index < -0.39 is 48.0 Å². The molecular formula is C28H32N4O9S2. The highest BCUT2D eigenvalue weighted by Crippen LogP contribution is 2.37. The minimum atomic E-state index is -4.69. The summed E-state index contributed by atoms with van der Waals surface area (Å²) in [5.41, 5.74) is -0.498. The van der Waals surface area contributed by atoms with Crippen molar-refractivity contribution in [3.05, 3.63) is 76.8 Å². The van der Waals surface area contributed by atoms with Crippen molar-refractivity contribution < 1.29 is 36.0 Å². The number of sulfonamides is 2. The zero-order valence-electron chi connectivity index (χ0n) is 23.6. The van der Waals surface area contributed by atoms with Crippen LogP contribution in [0, 0.1) is 10.1 Å². The summed E-state index contributed by atoms with van der Waals surface area (Å²) in [5.74, 6) is -0.399. The van der Waals surface area contributed by atoms with Gasteiger partial charge in [0.2, 0.25) is 15.9 Å². The Labute approximate surface area is 250 Å². The number of benzene rings is 3. The number of carbonyl (C=O) groups excluding carboxylic acids is 1. The summed E-state index contributed by atoms with van der Waals surface area (Å²) in [7, 11) is -5.68. The Kier molecular flexibility index (Phi) is 9.88. The molecule has 1 aliphatic rings. The summed E-state index contributed by atoms with van der Waals surface area (Å²) in [4.78, 5) is 23.6. The third-order valence-electron chi connectivity index (χ3n) is 6.91. The minimum absolute atomic E-state index is 0.0392. The molecule has 0 aromatic heterocycles. The Morgan fingerprint density at radius 3 is 2.19 bits per heavy atom. The molecule has 43 heavy (non-hydrogen) atoms. The van der Waals surface area contributed by atoms with E-state index in [1.807, 2.05) is 0 Å². The number of methoxy groups -OCH3 is 2. The number of rotatable bonds is 11. The normalized spacial score (nSPS) is 14.4. The molecule has 1 N–H and O–H groups in total. The standard InChI is InChI=1S/C28H32N4O9S2/c1-40-22-13-16-24(26(19-22)41-2)31(43(38,39)27-10-6-5-9-25(27)32(34)35)20-28(33)29-21-11-14-23(15-12-21)42(36,37)30-17-7-3-4-8-18-30/h5-6,9-16,19H,3-4,7-8,17-18,20H2,1-2H3,(H,29,33). The number of hydrogen-bond donors (Lipinski definition) is 1. The average molecular weight is 633 g/mol. The second kappa shape index (κ2) is 13.4. The number of nitrogens with zero attached hydrogens (tertiary/aromatic N) is 3. The monoisotopic (exact) mass is 632 g/mol. The molecule has 230 valence electrons. The lowest BCUT2D eigenvalue weighted by atomic mass is 10.2. The van der Waals surface area contributed by atoms with Gasteiger partial charge in [0.05, 0.1) is 29.7 Å². The van der Waals surface area contributed by atoms with Crippen LogP contribution in [0.3, 0.4) is 0 Å². The number of hydrogen-bond acceptors (Lipinski definition) is 9. The highest BCUT2D eigenvalue weighted by atomic mass is 32.2. The predicted molar refractivity (Wildman–Crippen MR) is 159 cm³/mol. The Bertz CT molecular complexity index is 1690. The predicted octanol–water partition coefficient (Wildman–Crippen LogP) is 4.01. The second-order valence-electron chi connectivity index (χ2n) is 9.67. The van der Waals surface area contributed by atoms with Gasteiger partial charge in [0.15, 0.2) is 4.90 Å². The summed E-state index contributed by atoms with van der Waals surface area (Å²) in [5, 5.41) is 14.2. The molecule has 1 amide bonds. The molecular weight excluding hydrogens is 600 g/mol. The molecule has 3 aromatic rings. The molecule has 3 aromatic carbocycles. The number of nitro benzene ring substituents is 1. The topological polar surface area (TPSA) is 165 Å². The molecule has 0 saturated carbocycles. The van der Waals surface area contributed by atoms with Crippen LogP contribution >= 0.6 is 0 Å². The van der Waals surface area contributed by atoms with Crippen LogP contribution in [0.2, 0.25) is 0 Å². The van der Waals surface area contributed by atoms with Gasteiger partial charge < -0.3 is 14.8 Å². The van der Waals surface area contributed by atoms with Crippen LogP contribution in [0.4, 0.5) is 17.1 Å². The fraction of sp³-hybridized carbons (Fsp3) is 0.321. The van der Waals surface area contributed by atoms with E-state index in [-0.39, 0.29) is 22.0 Å². The number of nitro groups is 1. The van der Waals surface area contributed by atoms with Gasteiger partial charge in [-0.05, 0) is 55.3 Å². The van der Waals surface area contributed by atoms with Gasteiger partial charge in [-0.1, -0.05) is 25.0 Å². The van der Waals surface area contributed by atoms with E-state index in [1.165, 1.54) is 73.1 Å². The van der Waals surface area contributed by atoms with Crippen LogP contribution in [0.15, 0.2) is 76.5 Å². The van der Waals surface area contributed by atoms with E-state index in [1.54, 1.807) is 0 Å². The van der Waals surface area contributed by atoms with E-state index in [0.717, 1.165) is 37.8 Å². The maximum absolute atomic E-state index is 13.9. The van der Waals surface area contributed by atoms with E-state index in [2.05, 4.69) is 5.32 Å². The fourth-order valence-electron chi connectivity index (χ4n) is 4.71. The lowest BCUT2D eigenvalue weighted by Crippen LogP contribution is -2.38. The van der Waals surface area contributed by atoms with Gasteiger partial charge in [-0.2, -0.15) is 4.31 Å². The van der Waals surface area contributed by atoms with Crippen molar-refractivity contribution >= 4 is 43.0 Å². The molecule has 1 aliphatic heterocycles. The maximum atomic E-state index is 13.9. The molecule has 15 heteroatoms. The molecule has 0 bridgehead atoms. The number of carbonyl (C=O) groups is 1. The zero-order chi connectivity index (χ0) is 31.2. The van der Waals surface area contributed by atoms with Crippen LogP contribution < -0.4 is 19.1 Å². The number of amides is 1. The number of para-hydroxylation sites is 1. The smallest absolute Gasteiger partial charge is 0.289 e. The molecule has 0 aliphatic carbocycles. The first-order valence-corrected chi connectivity index (χ1v) is 16.3. The second-order valence-corrected chi connectivity index (χ2v) is 13.4. The van der Waals surface area contributed by atoms with Crippen LogP contribution in [0.5, 0.6) is 11.5 Å². The Hall–Kier alpha value is -4.21. The van der Waals surface area contributed by atoms with Crippen molar-refractivity contribution in [3.8, 4) is 11.5 Å². The molecule has 1 fully saturated rings. The summed E-state index contributed by atoms with van der Waals surface area (Å²) >= 11 is 0. The van der Waals surface area contributed by atoms with Crippen molar-refractivity contribution in [1.29, 1.82) is 0 Å². The van der Waals surface area contributed by atoms with E-state index in [0.29, 0.717) is 23.1 Å².